The highest BCUT2D eigenvalue weighted by molar-refractivity contribution is 9.08. The minimum Gasteiger partial charge on any atom is -0.385 e. The molecule has 0 saturated heterocycles. The molecular weight excluding hydrogens is 358 g/mol. The highest BCUT2D eigenvalue weighted by Crippen LogP contribution is 2.17. The second-order valence-corrected chi connectivity index (χ2v) is 7.02. The standard InChI is InChI=1S/C14H22BrNO4S/c1-19-10-3-8-16(9-11-20-2)21(17,18)14-6-4-13(12-15)5-7-14/h4-7H,3,8-12H2,1-2H3. The minimum atomic E-state index is -3.50. The lowest BCUT2D eigenvalue weighted by atomic mass is 10.2. The molecule has 0 radical (unpaired) electrons. The fraction of sp³-hybridized carbons (Fsp3) is 0.571. The van der Waals surface area contributed by atoms with E-state index < -0.39 is 10.0 Å². The van der Waals surface area contributed by atoms with Crippen molar-refractivity contribution in [3.63, 3.8) is 0 Å². The SMILES string of the molecule is COCCCN(CCOC)S(=O)(=O)c1ccc(CBr)cc1. The summed E-state index contributed by atoms with van der Waals surface area (Å²) in [5.74, 6) is 0. The summed E-state index contributed by atoms with van der Waals surface area (Å²) in [6.07, 6.45) is 0.652. The van der Waals surface area contributed by atoms with Crippen LogP contribution < -0.4 is 0 Å². The topological polar surface area (TPSA) is 55.8 Å². The number of alkyl halides is 1. The molecule has 0 N–H and O–H groups in total. The van der Waals surface area contributed by atoms with E-state index in [1.54, 1.807) is 26.4 Å². The Morgan fingerprint density at radius 3 is 2.19 bits per heavy atom. The Balaban J connectivity index is 2.89. The summed E-state index contributed by atoms with van der Waals surface area (Å²) in [5.41, 5.74) is 1.04. The number of hydrogen-bond acceptors (Lipinski definition) is 4. The van der Waals surface area contributed by atoms with E-state index >= 15 is 0 Å². The molecule has 0 aromatic heterocycles. The molecule has 5 nitrogen and oxygen atoms in total. The van der Waals surface area contributed by atoms with Crippen molar-refractivity contribution in [2.45, 2.75) is 16.6 Å². The van der Waals surface area contributed by atoms with Crippen LogP contribution in [0.1, 0.15) is 12.0 Å². The molecule has 0 atom stereocenters. The summed E-state index contributed by atoms with van der Waals surface area (Å²) >= 11 is 3.35. The molecule has 0 spiro atoms. The van der Waals surface area contributed by atoms with Crippen LogP contribution in [-0.2, 0) is 24.8 Å². The van der Waals surface area contributed by atoms with Crippen molar-refractivity contribution in [1.82, 2.24) is 4.31 Å². The van der Waals surface area contributed by atoms with Gasteiger partial charge in [0, 0.05) is 39.2 Å². The molecule has 0 unspecified atom stereocenters. The third kappa shape index (κ3) is 5.67. The molecule has 1 aromatic carbocycles. The molecule has 120 valence electrons. The van der Waals surface area contributed by atoms with Crippen molar-refractivity contribution in [3.8, 4) is 0 Å². The molecule has 0 heterocycles. The number of halogens is 1. The van der Waals surface area contributed by atoms with E-state index in [4.69, 9.17) is 9.47 Å². The number of hydrogen-bond donors (Lipinski definition) is 0. The number of ether oxygens (including phenoxy) is 2. The fourth-order valence-electron chi connectivity index (χ4n) is 1.83. The van der Waals surface area contributed by atoms with Crippen LogP contribution in [0.4, 0.5) is 0 Å². The third-order valence-electron chi connectivity index (χ3n) is 3.02. The molecule has 21 heavy (non-hydrogen) atoms. The van der Waals surface area contributed by atoms with Gasteiger partial charge in [0.2, 0.25) is 10.0 Å². The van der Waals surface area contributed by atoms with Gasteiger partial charge in [-0.1, -0.05) is 28.1 Å². The van der Waals surface area contributed by atoms with E-state index in [1.807, 2.05) is 12.1 Å². The predicted molar refractivity (Wildman–Crippen MR) is 86.2 cm³/mol. The van der Waals surface area contributed by atoms with Gasteiger partial charge in [-0.15, -0.1) is 0 Å². The monoisotopic (exact) mass is 379 g/mol. The molecule has 0 aliphatic heterocycles. The molecule has 0 amide bonds. The van der Waals surface area contributed by atoms with Gasteiger partial charge in [-0.2, -0.15) is 4.31 Å². The first-order valence-corrected chi connectivity index (χ1v) is 9.25. The number of sulfonamides is 1. The van der Waals surface area contributed by atoms with Gasteiger partial charge in [0.1, 0.15) is 0 Å². The van der Waals surface area contributed by atoms with Gasteiger partial charge in [-0.3, -0.25) is 0 Å². The maximum absolute atomic E-state index is 12.6. The first kappa shape index (κ1) is 18.6. The van der Waals surface area contributed by atoms with Crippen LogP contribution >= 0.6 is 15.9 Å². The van der Waals surface area contributed by atoms with Gasteiger partial charge in [0.15, 0.2) is 0 Å². The van der Waals surface area contributed by atoms with Gasteiger partial charge in [-0.05, 0) is 24.1 Å². The zero-order valence-electron chi connectivity index (χ0n) is 12.4. The zero-order chi connectivity index (χ0) is 15.7. The summed E-state index contributed by atoms with van der Waals surface area (Å²) in [4.78, 5) is 0.306. The van der Waals surface area contributed by atoms with Crippen LogP contribution in [0.15, 0.2) is 29.2 Å². The number of rotatable bonds is 10. The Morgan fingerprint density at radius 1 is 1.05 bits per heavy atom. The van der Waals surface area contributed by atoms with Crippen LogP contribution in [0.5, 0.6) is 0 Å². The molecule has 0 bridgehead atoms. The summed E-state index contributed by atoms with van der Waals surface area (Å²) in [5, 5.41) is 0.703. The molecule has 7 heteroatoms. The van der Waals surface area contributed by atoms with E-state index in [0.29, 0.717) is 42.9 Å². The first-order chi connectivity index (χ1) is 10.1. The molecule has 0 fully saturated rings. The summed E-state index contributed by atoms with van der Waals surface area (Å²) in [6.45, 7) is 1.65. The van der Waals surface area contributed by atoms with Crippen molar-refractivity contribution in [3.05, 3.63) is 29.8 Å². The lowest BCUT2D eigenvalue weighted by Crippen LogP contribution is -2.35. The number of nitrogens with zero attached hydrogens (tertiary/aromatic N) is 1. The maximum atomic E-state index is 12.6. The van der Waals surface area contributed by atoms with Crippen molar-refractivity contribution in [1.29, 1.82) is 0 Å². The van der Waals surface area contributed by atoms with Crippen molar-refractivity contribution >= 4 is 26.0 Å². The summed E-state index contributed by atoms with van der Waals surface area (Å²) in [7, 11) is -0.332. The summed E-state index contributed by atoms with van der Waals surface area (Å²) in [6, 6.07) is 6.90. The van der Waals surface area contributed by atoms with Crippen LogP contribution in [-0.4, -0.2) is 53.2 Å². The molecular formula is C14H22BrNO4S. The Labute approximate surface area is 135 Å². The lowest BCUT2D eigenvalue weighted by Gasteiger charge is -2.22. The van der Waals surface area contributed by atoms with Gasteiger partial charge < -0.3 is 9.47 Å². The van der Waals surface area contributed by atoms with Gasteiger partial charge in [-0.25, -0.2) is 8.42 Å². The van der Waals surface area contributed by atoms with Crippen molar-refractivity contribution < 1.29 is 17.9 Å². The quantitative estimate of drug-likeness (QED) is 0.462. The predicted octanol–water partition coefficient (Wildman–Crippen LogP) is 2.26. The Hall–Kier alpha value is -0.470. The van der Waals surface area contributed by atoms with Gasteiger partial charge >= 0.3 is 0 Å². The van der Waals surface area contributed by atoms with Crippen LogP contribution in [0, 0.1) is 0 Å². The Bertz CT molecular complexity index is 504. The smallest absolute Gasteiger partial charge is 0.243 e. The van der Waals surface area contributed by atoms with Gasteiger partial charge in [0.25, 0.3) is 0 Å². The minimum absolute atomic E-state index is 0.306. The van der Waals surface area contributed by atoms with Crippen LogP contribution in [0.2, 0.25) is 0 Å². The lowest BCUT2D eigenvalue weighted by molar-refractivity contribution is 0.164. The molecule has 1 rings (SSSR count). The van der Waals surface area contributed by atoms with E-state index in [9.17, 15) is 8.42 Å². The fourth-order valence-corrected chi connectivity index (χ4v) is 3.67. The molecule has 0 aliphatic carbocycles. The van der Waals surface area contributed by atoms with Crippen molar-refractivity contribution in [2.24, 2.45) is 0 Å². The average Bonchev–Trinajstić information content (AvgIpc) is 2.50. The number of methoxy groups -OCH3 is 2. The highest BCUT2D eigenvalue weighted by Gasteiger charge is 2.23. The Morgan fingerprint density at radius 2 is 1.67 bits per heavy atom. The number of benzene rings is 1. The normalized spacial score (nSPS) is 12.0. The van der Waals surface area contributed by atoms with E-state index in [2.05, 4.69) is 15.9 Å². The van der Waals surface area contributed by atoms with Crippen LogP contribution in [0.25, 0.3) is 0 Å². The summed E-state index contributed by atoms with van der Waals surface area (Å²) < 4.78 is 36.7. The highest BCUT2D eigenvalue weighted by atomic mass is 79.9. The van der Waals surface area contributed by atoms with E-state index in [0.717, 1.165) is 5.56 Å². The largest absolute Gasteiger partial charge is 0.385 e. The Kier molecular flexibility index (Phi) is 8.43. The second kappa shape index (κ2) is 9.53. The van der Waals surface area contributed by atoms with Crippen LogP contribution in [0.3, 0.4) is 0 Å². The molecule has 0 saturated carbocycles. The van der Waals surface area contributed by atoms with Gasteiger partial charge in [0.05, 0.1) is 11.5 Å². The first-order valence-electron chi connectivity index (χ1n) is 6.69. The second-order valence-electron chi connectivity index (χ2n) is 4.52. The van der Waals surface area contributed by atoms with E-state index in [1.165, 1.54) is 4.31 Å². The zero-order valence-corrected chi connectivity index (χ0v) is 14.8. The third-order valence-corrected chi connectivity index (χ3v) is 5.58. The maximum Gasteiger partial charge on any atom is 0.243 e. The van der Waals surface area contributed by atoms with Crippen molar-refractivity contribution in [2.75, 3.05) is 40.5 Å². The molecule has 1 aromatic rings. The van der Waals surface area contributed by atoms with E-state index in [-0.39, 0.29) is 0 Å². The molecule has 0 aliphatic rings. The average molecular weight is 380 g/mol.